The van der Waals surface area contributed by atoms with Gasteiger partial charge >= 0.3 is 5.97 Å². The van der Waals surface area contributed by atoms with E-state index in [1.807, 2.05) is 0 Å². The van der Waals surface area contributed by atoms with Crippen molar-refractivity contribution in [2.24, 2.45) is 0 Å². The molecule has 1 rings (SSSR count). The molecular weight excluding hydrogens is 196 g/mol. The number of aliphatic hydroxyl groups is 1. The molecule has 0 radical (unpaired) electrons. The first kappa shape index (κ1) is 11.4. The van der Waals surface area contributed by atoms with Gasteiger partial charge in [0.15, 0.2) is 6.10 Å². The van der Waals surface area contributed by atoms with Gasteiger partial charge in [0.1, 0.15) is 6.29 Å². The Balaban J connectivity index is 2.77. The van der Waals surface area contributed by atoms with E-state index >= 15 is 0 Å². The number of aliphatic hydroxyl groups excluding tert-OH is 1. The van der Waals surface area contributed by atoms with Crippen LogP contribution in [0.1, 0.15) is 28.9 Å². The van der Waals surface area contributed by atoms with Crippen LogP contribution in [0, 0.1) is 0 Å². The van der Waals surface area contributed by atoms with Crippen molar-refractivity contribution < 1.29 is 19.4 Å². The summed E-state index contributed by atoms with van der Waals surface area (Å²) in [5.74, 6) is -0.684. The van der Waals surface area contributed by atoms with Gasteiger partial charge in [0.05, 0.1) is 6.61 Å². The zero-order valence-electron chi connectivity index (χ0n) is 8.34. The molecule has 0 bridgehead atoms. The van der Waals surface area contributed by atoms with Crippen LogP contribution in [0.5, 0.6) is 0 Å². The van der Waals surface area contributed by atoms with Gasteiger partial charge < -0.3 is 9.84 Å². The topological polar surface area (TPSA) is 63.6 Å². The second-order valence-corrected chi connectivity index (χ2v) is 2.94. The molecule has 0 aliphatic rings. The fourth-order valence-electron chi connectivity index (χ4n) is 1.11. The van der Waals surface area contributed by atoms with Gasteiger partial charge in [0.2, 0.25) is 0 Å². The molecule has 1 atom stereocenters. The Morgan fingerprint density at radius 3 is 2.53 bits per heavy atom. The Morgan fingerprint density at radius 1 is 1.47 bits per heavy atom. The zero-order chi connectivity index (χ0) is 11.3. The molecule has 1 aromatic rings. The van der Waals surface area contributed by atoms with E-state index in [9.17, 15) is 14.7 Å². The van der Waals surface area contributed by atoms with E-state index in [4.69, 9.17) is 0 Å². The minimum absolute atomic E-state index is 0.225. The molecule has 0 spiro atoms. The molecule has 4 heteroatoms. The molecule has 15 heavy (non-hydrogen) atoms. The predicted molar refractivity (Wildman–Crippen MR) is 53.4 cm³/mol. The fraction of sp³-hybridized carbons (Fsp3) is 0.273. The Kier molecular flexibility index (Phi) is 4.00. The summed E-state index contributed by atoms with van der Waals surface area (Å²) in [6, 6.07) is 6.10. The molecule has 1 N–H and O–H groups in total. The Bertz CT molecular complexity index is 342. The Labute approximate surface area is 87.5 Å². The van der Waals surface area contributed by atoms with Crippen molar-refractivity contribution in [1.29, 1.82) is 0 Å². The van der Waals surface area contributed by atoms with Crippen LogP contribution in [0.2, 0.25) is 0 Å². The Morgan fingerprint density at radius 2 is 2.07 bits per heavy atom. The SMILES string of the molecule is CCOC(=O)C(O)c1ccc(C=O)cc1. The van der Waals surface area contributed by atoms with Crippen LogP contribution in [0.25, 0.3) is 0 Å². The average molecular weight is 208 g/mol. The number of hydrogen-bond acceptors (Lipinski definition) is 4. The van der Waals surface area contributed by atoms with E-state index in [0.29, 0.717) is 17.4 Å². The summed E-state index contributed by atoms with van der Waals surface area (Å²) in [5.41, 5.74) is 0.911. The highest BCUT2D eigenvalue weighted by Crippen LogP contribution is 2.14. The van der Waals surface area contributed by atoms with Gasteiger partial charge in [0, 0.05) is 5.56 Å². The average Bonchev–Trinajstić information content (AvgIpc) is 2.28. The number of esters is 1. The van der Waals surface area contributed by atoms with Crippen molar-refractivity contribution in [3.8, 4) is 0 Å². The predicted octanol–water partition coefficient (Wildman–Crippen LogP) is 1.10. The van der Waals surface area contributed by atoms with Gasteiger partial charge in [-0.1, -0.05) is 24.3 Å². The van der Waals surface area contributed by atoms with E-state index in [2.05, 4.69) is 4.74 Å². The highest BCUT2D eigenvalue weighted by molar-refractivity contribution is 5.78. The largest absolute Gasteiger partial charge is 0.464 e. The van der Waals surface area contributed by atoms with Gasteiger partial charge in [0.25, 0.3) is 0 Å². The summed E-state index contributed by atoms with van der Waals surface area (Å²) in [6.07, 6.45) is -0.591. The summed E-state index contributed by atoms with van der Waals surface area (Å²) in [6.45, 7) is 1.89. The third-order valence-corrected chi connectivity index (χ3v) is 1.90. The van der Waals surface area contributed by atoms with Crippen LogP contribution in [0.3, 0.4) is 0 Å². The minimum Gasteiger partial charge on any atom is -0.464 e. The lowest BCUT2D eigenvalue weighted by Gasteiger charge is -2.09. The van der Waals surface area contributed by atoms with Crippen LogP contribution in [-0.2, 0) is 9.53 Å². The normalized spacial score (nSPS) is 11.9. The van der Waals surface area contributed by atoms with Crippen molar-refractivity contribution in [3.05, 3.63) is 35.4 Å². The highest BCUT2D eigenvalue weighted by Gasteiger charge is 2.17. The van der Waals surface area contributed by atoms with Crippen LogP contribution in [-0.4, -0.2) is 24.0 Å². The second-order valence-electron chi connectivity index (χ2n) is 2.94. The molecule has 1 unspecified atom stereocenters. The van der Waals surface area contributed by atoms with Crippen LogP contribution in [0.15, 0.2) is 24.3 Å². The lowest BCUT2D eigenvalue weighted by molar-refractivity contribution is -0.153. The van der Waals surface area contributed by atoms with Gasteiger partial charge in [-0.05, 0) is 12.5 Å². The maximum Gasteiger partial charge on any atom is 0.339 e. The van der Waals surface area contributed by atoms with Crippen molar-refractivity contribution in [3.63, 3.8) is 0 Å². The van der Waals surface area contributed by atoms with Crippen molar-refractivity contribution >= 4 is 12.3 Å². The first-order chi connectivity index (χ1) is 7.19. The molecule has 1 aromatic carbocycles. The molecular formula is C11H12O4. The number of carbonyl (C=O) groups is 2. The second kappa shape index (κ2) is 5.26. The fourth-order valence-corrected chi connectivity index (χ4v) is 1.11. The molecule has 0 amide bonds. The smallest absolute Gasteiger partial charge is 0.339 e. The number of hydrogen-bond donors (Lipinski definition) is 1. The molecule has 0 aliphatic heterocycles. The summed E-state index contributed by atoms with van der Waals surface area (Å²) >= 11 is 0. The van der Waals surface area contributed by atoms with Gasteiger partial charge in [-0.3, -0.25) is 4.79 Å². The van der Waals surface area contributed by atoms with Crippen LogP contribution < -0.4 is 0 Å². The van der Waals surface area contributed by atoms with Crippen LogP contribution in [0.4, 0.5) is 0 Å². The minimum atomic E-state index is -1.29. The summed E-state index contributed by atoms with van der Waals surface area (Å²) in [5, 5.41) is 9.52. The standard InChI is InChI=1S/C11H12O4/c1-2-15-11(14)10(13)9-5-3-8(7-12)4-6-9/h3-7,10,13H,2H2,1H3. The molecule has 0 saturated heterocycles. The van der Waals surface area contributed by atoms with Gasteiger partial charge in [-0.2, -0.15) is 0 Å². The quantitative estimate of drug-likeness (QED) is 0.594. The first-order valence-electron chi connectivity index (χ1n) is 4.59. The van der Waals surface area contributed by atoms with Gasteiger partial charge in [-0.25, -0.2) is 4.79 Å². The number of rotatable bonds is 4. The monoisotopic (exact) mass is 208 g/mol. The third-order valence-electron chi connectivity index (χ3n) is 1.90. The maximum atomic E-state index is 11.2. The molecule has 4 nitrogen and oxygen atoms in total. The lowest BCUT2D eigenvalue weighted by atomic mass is 10.1. The zero-order valence-corrected chi connectivity index (χ0v) is 8.34. The Hall–Kier alpha value is -1.68. The summed E-state index contributed by atoms with van der Waals surface area (Å²) < 4.78 is 4.66. The molecule has 0 aliphatic carbocycles. The number of benzene rings is 1. The maximum absolute atomic E-state index is 11.2. The molecule has 80 valence electrons. The van der Waals surface area contributed by atoms with E-state index < -0.39 is 12.1 Å². The highest BCUT2D eigenvalue weighted by atomic mass is 16.5. The van der Waals surface area contributed by atoms with Crippen molar-refractivity contribution in [2.75, 3.05) is 6.61 Å². The molecule has 0 fully saturated rings. The van der Waals surface area contributed by atoms with Crippen molar-refractivity contribution in [2.45, 2.75) is 13.0 Å². The van der Waals surface area contributed by atoms with Gasteiger partial charge in [-0.15, -0.1) is 0 Å². The number of carbonyl (C=O) groups excluding carboxylic acids is 2. The summed E-state index contributed by atoms with van der Waals surface area (Å²) in [7, 11) is 0. The third kappa shape index (κ3) is 2.89. The molecule has 0 aromatic heterocycles. The van der Waals surface area contributed by atoms with Crippen molar-refractivity contribution in [1.82, 2.24) is 0 Å². The van der Waals surface area contributed by atoms with E-state index in [0.717, 1.165) is 0 Å². The first-order valence-corrected chi connectivity index (χ1v) is 4.59. The van der Waals surface area contributed by atoms with Crippen LogP contribution >= 0.6 is 0 Å². The number of aldehydes is 1. The summed E-state index contributed by atoms with van der Waals surface area (Å²) in [4.78, 5) is 21.5. The molecule has 0 heterocycles. The van der Waals surface area contributed by atoms with E-state index in [1.54, 1.807) is 6.92 Å². The van der Waals surface area contributed by atoms with E-state index in [-0.39, 0.29) is 6.61 Å². The lowest BCUT2D eigenvalue weighted by Crippen LogP contribution is -2.15. The number of ether oxygens (including phenoxy) is 1. The van der Waals surface area contributed by atoms with E-state index in [1.165, 1.54) is 24.3 Å². The molecule has 0 saturated carbocycles.